The molecule has 0 aromatic heterocycles. The summed E-state index contributed by atoms with van der Waals surface area (Å²) >= 11 is 11.6. The SMILES string of the molecule is O=C(CNc1ccc(Cl)cc1)N/N=C\c1cc(Cl)ccc1O. The Bertz CT molecular complexity index is 688. The minimum atomic E-state index is -0.326. The van der Waals surface area contributed by atoms with Crippen LogP contribution in [0.25, 0.3) is 0 Å². The first-order valence-corrected chi connectivity index (χ1v) is 7.10. The molecule has 0 bridgehead atoms. The fourth-order valence-corrected chi connectivity index (χ4v) is 1.90. The van der Waals surface area contributed by atoms with E-state index >= 15 is 0 Å². The summed E-state index contributed by atoms with van der Waals surface area (Å²) in [5.74, 6) is -0.297. The number of rotatable bonds is 5. The van der Waals surface area contributed by atoms with Crippen molar-refractivity contribution >= 4 is 41.0 Å². The molecule has 0 saturated heterocycles. The number of amides is 1. The number of carbonyl (C=O) groups excluding carboxylic acids is 1. The van der Waals surface area contributed by atoms with Crippen LogP contribution in [0.3, 0.4) is 0 Å². The van der Waals surface area contributed by atoms with Crippen LogP contribution in [0.15, 0.2) is 47.6 Å². The topological polar surface area (TPSA) is 73.7 Å². The number of nitrogens with zero attached hydrogens (tertiary/aromatic N) is 1. The van der Waals surface area contributed by atoms with E-state index in [4.69, 9.17) is 23.2 Å². The molecule has 2 aromatic carbocycles. The fourth-order valence-electron chi connectivity index (χ4n) is 1.59. The van der Waals surface area contributed by atoms with Crippen LogP contribution in [0.1, 0.15) is 5.56 Å². The molecule has 0 spiro atoms. The van der Waals surface area contributed by atoms with Gasteiger partial charge in [0.05, 0.1) is 12.8 Å². The highest BCUT2D eigenvalue weighted by Gasteiger charge is 2.01. The molecule has 3 N–H and O–H groups in total. The summed E-state index contributed by atoms with van der Waals surface area (Å²) in [6.45, 7) is 0.0561. The van der Waals surface area contributed by atoms with E-state index in [0.717, 1.165) is 5.69 Å². The monoisotopic (exact) mass is 337 g/mol. The minimum Gasteiger partial charge on any atom is -0.507 e. The third kappa shape index (κ3) is 4.95. The van der Waals surface area contributed by atoms with Crippen molar-refractivity contribution in [3.63, 3.8) is 0 Å². The molecule has 0 unspecified atom stereocenters. The number of carbonyl (C=O) groups is 1. The summed E-state index contributed by atoms with van der Waals surface area (Å²) in [7, 11) is 0. The Hall–Kier alpha value is -2.24. The zero-order valence-electron chi connectivity index (χ0n) is 11.4. The van der Waals surface area contributed by atoms with Gasteiger partial charge >= 0.3 is 0 Å². The molecule has 0 fully saturated rings. The van der Waals surface area contributed by atoms with Gasteiger partial charge in [-0.3, -0.25) is 4.79 Å². The zero-order chi connectivity index (χ0) is 15.9. The summed E-state index contributed by atoms with van der Waals surface area (Å²) in [6.07, 6.45) is 1.32. The van der Waals surface area contributed by atoms with Crippen LogP contribution in [0.2, 0.25) is 10.0 Å². The first kappa shape index (κ1) is 16.1. The van der Waals surface area contributed by atoms with Gasteiger partial charge in [-0.25, -0.2) is 5.43 Å². The van der Waals surface area contributed by atoms with Crippen molar-refractivity contribution in [2.75, 3.05) is 11.9 Å². The molecule has 2 rings (SSSR count). The van der Waals surface area contributed by atoms with Gasteiger partial charge in [0, 0.05) is 21.3 Å². The normalized spacial score (nSPS) is 10.6. The van der Waals surface area contributed by atoms with Crippen molar-refractivity contribution in [3.8, 4) is 5.75 Å². The quantitative estimate of drug-likeness (QED) is 0.579. The van der Waals surface area contributed by atoms with Gasteiger partial charge in [-0.2, -0.15) is 5.10 Å². The van der Waals surface area contributed by atoms with Gasteiger partial charge in [0.15, 0.2) is 0 Å². The van der Waals surface area contributed by atoms with Crippen LogP contribution < -0.4 is 10.7 Å². The Kier molecular flexibility index (Phi) is 5.63. The molecular weight excluding hydrogens is 325 g/mol. The Morgan fingerprint density at radius 3 is 2.55 bits per heavy atom. The van der Waals surface area contributed by atoms with E-state index in [0.29, 0.717) is 15.6 Å². The van der Waals surface area contributed by atoms with E-state index in [1.807, 2.05) is 0 Å². The van der Waals surface area contributed by atoms with Gasteiger partial charge in [0.1, 0.15) is 5.75 Å². The molecule has 0 heterocycles. The van der Waals surface area contributed by atoms with E-state index in [2.05, 4.69) is 15.8 Å². The van der Waals surface area contributed by atoms with Crippen molar-refractivity contribution < 1.29 is 9.90 Å². The zero-order valence-corrected chi connectivity index (χ0v) is 12.9. The van der Waals surface area contributed by atoms with Gasteiger partial charge in [-0.05, 0) is 42.5 Å². The summed E-state index contributed by atoms with van der Waals surface area (Å²) < 4.78 is 0. The molecule has 0 saturated carbocycles. The lowest BCUT2D eigenvalue weighted by molar-refractivity contribution is -0.119. The lowest BCUT2D eigenvalue weighted by Gasteiger charge is -2.05. The minimum absolute atomic E-state index is 0.0293. The van der Waals surface area contributed by atoms with Gasteiger partial charge in [-0.1, -0.05) is 23.2 Å². The molecule has 0 aliphatic carbocycles. The maximum Gasteiger partial charge on any atom is 0.259 e. The third-order valence-corrected chi connectivity index (χ3v) is 3.17. The van der Waals surface area contributed by atoms with E-state index in [-0.39, 0.29) is 18.2 Å². The summed E-state index contributed by atoms with van der Waals surface area (Å²) in [5.41, 5.74) is 3.54. The van der Waals surface area contributed by atoms with Crippen LogP contribution in [-0.4, -0.2) is 23.8 Å². The summed E-state index contributed by atoms with van der Waals surface area (Å²) in [4.78, 5) is 11.6. The predicted octanol–water partition coefficient (Wildman–Crippen LogP) is 3.26. The molecule has 0 radical (unpaired) electrons. The van der Waals surface area contributed by atoms with Gasteiger partial charge in [-0.15, -0.1) is 0 Å². The lowest BCUT2D eigenvalue weighted by atomic mass is 10.2. The van der Waals surface area contributed by atoms with Gasteiger partial charge in [0.2, 0.25) is 0 Å². The Morgan fingerprint density at radius 1 is 1.14 bits per heavy atom. The highest BCUT2D eigenvalue weighted by Crippen LogP contribution is 2.19. The number of hydrogen-bond donors (Lipinski definition) is 3. The Balaban J connectivity index is 1.83. The Morgan fingerprint density at radius 2 is 1.82 bits per heavy atom. The average Bonchev–Trinajstić information content (AvgIpc) is 2.50. The second-order valence-electron chi connectivity index (χ2n) is 4.36. The second kappa shape index (κ2) is 7.68. The van der Waals surface area contributed by atoms with Crippen LogP contribution in [-0.2, 0) is 4.79 Å². The molecule has 0 atom stereocenters. The third-order valence-electron chi connectivity index (χ3n) is 2.68. The summed E-state index contributed by atoms with van der Waals surface area (Å²) in [5, 5.41) is 17.4. The van der Waals surface area contributed by atoms with Gasteiger partial charge in [0.25, 0.3) is 5.91 Å². The van der Waals surface area contributed by atoms with Crippen molar-refractivity contribution in [2.45, 2.75) is 0 Å². The van der Waals surface area contributed by atoms with Crippen molar-refractivity contribution in [2.24, 2.45) is 5.10 Å². The van der Waals surface area contributed by atoms with Crippen molar-refractivity contribution in [3.05, 3.63) is 58.1 Å². The first-order valence-electron chi connectivity index (χ1n) is 6.34. The van der Waals surface area contributed by atoms with Gasteiger partial charge < -0.3 is 10.4 Å². The molecule has 0 aliphatic rings. The number of phenolic OH excluding ortho intramolecular Hbond substituents is 1. The number of aromatic hydroxyl groups is 1. The number of benzene rings is 2. The van der Waals surface area contributed by atoms with Crippen LogP contribution in [0, 0.1) is 0 Å². The van der Waals surface area contributed by atoms with E-state index in [1.165, 1.54) is 12.3 Å². The maximum atomic E-state index is 11.6. The molecule has 114 valence electrons. The highest BCUT2D eigenvalue weighted by atomic mass is 35.5. The van der Waals surface area contributed by atoms with Crippen LogP contribution in [0.4, 0.5) is 5.69 Å². The second-order valence-corrected chi connectivity index (χ2v) is 5.23. The molecule has 22 heavy (non-hydrogen) atoms. The van der Waals surface area contributed by atoms with E-state index in [9.17, 15) is 9.90 Å². The number of halogens is 2. The first-order chi connectivity index (χ1) is 10.5. The van der Waals surface area contributed by atoms with Crippen molar-refractivity contribution in [1.29, 1.82) is 0 Å². The predicted molar refractivity (Wildman–Crippen MR) is 88.8 cm³/mol. The lowest BCUT2D eigenvalue weighted by Crippen LogP contribution is -2.25. The highest BCUT2D eigenvalue weighted by molar-refractivity contribution is 6.31. The standard InChI is InChI=1S/C15H13Cl2N3O2/c16-11-1-4-13(5-2-11)18-9-15(22)20-19-8-10-7-12(17)3-6-14(10)21/h1-8,18,21H,9H2,(H,20,22)/b19-8-. The van der Waals surface area contributed by atoms with E-state index in [1.54, 1.807) is 36.4 Å². The van der Waals surface area contributed by atoms with Crippen molar-refractivity contribution in [1.82, 2.24) is 5.43 Å². The molecule has 1 amide bonds. The maximum absolute atomic E-state index is 11.6. The molecular formula is C15H13Cl2N3O2. The van der Waals surface area contributed by atoms with Crippen LogP contribution >= 0.6 is 23.2 Å². The molecule has 0 aliphatic heterocycles. The molecule has 2 aromatic rings. The number of phenols is 1. The number of hydrogen-bond acceptors (Lipinski definition) is 4. The fraction of sp³-hybridized carbons (Fsp3) is 0.0667. The Labute approximate surface area is 137 Å². The largest absolute Gasteiger partial charge is 0.507 e. The number of hydrazone groups is 1. The molecule has 5 nitrogen and oxygen atoms in total. The average molecular weight is 338 g/mol. The van der Waals surface area contributed by atoms with Crippen LogP contribution in [0.5, 0.6) is 5.75 Å². The smallest absolute Gasteiger partial charge is 0.259 e. The summed E-state index contributed by atoms with van der Waals surface area (Å²) in [6, 6.07) is 11.5. The molecule has 7 heteroatoms. The van der Waals surface area contributed by atoms with E-state index < -0.39 is 0 Å². The number of anilines is 1. The number of nitrogens with one attached hydrogen (secondary N) is 2.